The first-order valence-electron chi connectivity index (χ1n) is 8.43. The minimum atomic E-state index is -0.737. The van der Waals surface area contributed by atoms with Gasteiger partial charge in [-0.25, -0.2) is 0 Å². The smallest absolute Gasteiger partial charge is 0.252 e. The number of hydrogen-bond acceptors (Lipinski definition) is 6. The van der Waals surface area contributed by atoms with Crippen LogP contribution >= 0.6 is 0 Å². The molecule has 1 aliphatic heterocycles. The van der Waals surface area contributed by atoms with E-state index in [1.807, 2.05) is 12.1 Å². The number of carbonyl (C=O) groups excluding carboxylic acids is 1. The van der Waals surface area contributed by atoms with E-state index < -0.39 is 5.60 Å². The van der Waals surface area contributed by atoms with E-state index in [2.05, 4.69) is 10.6 Å². The molecule has 1 aromatic carbocycles. The Morgan fingerprint density at radius 1 is 1.08 bits per heavy atom. The summed E-state index contributed by atoms with van der Waals surface area (Å²) in [5.74, 6) is 1.94. The van der Waals surface area contributed by atoms with Gasteiger partial charge < -0.3 is 29.6 Å². The van der Waals surface area contributed by atoms with E-state index in [9.17, 15) is 4.79 Å². The second kappa shape index (κ2) is 8.92. The maximum Gasteiger partial charge on any atom is 0.252 e. The number of benzene rings is 1. The lowest BCUT2D eigenvalue weighted by Crippen LogP contribution is -2.54. The zero-order valence-electron chi connectivity index (χ0n) is 15.4. The minimum Gasteiger partial charge on any atom is -0.496 e. The summed E-state index contributed by atoms with van der Waals surface area (Å²) in [6.45, 7) is 2.03. The second-order valence-corrected chi connectivity index (χ2v) is 5.96. The van der Waals surface area contributed by atoms with Gasteiger partial charge in [-0.05, 0) is 32.4 Å². The summed E-state index contributed by atoms with van der Waals surface area (Å²) in [5, 5.41) is 6.24. The van der Waals surface area contributed by atoms with Gasteiger partial charge in [0.1, 0.15) is 22.8 Å². The maximum absolute atomic E-state index is 12.6. The average molecular weight is 352 g/mol. The van der Waals surface area contributed by atoms with Crippen LogP contribution in [0.4, 0.5) is 0 Å². The zero-order valence-corrected chi connectivity index (χ0v) is 15.4. The van der Waals surface area contributed by atoms with Crippen LogP contribution in [-0.4, -0.2) is 59.6 Å². The number of methoxy groups -OCH3 is 4. The van der Waals surface area contributed by atoms with Crippen molar-refractivity contribution in [3.05, 3.63) is 17.7 Å². The van der Waals surface area contributed by atoms with Crippen LogP contribution in [0.2, 0.25) is 0 Å². The summed E-state index contributed by atoms with van der Waals surface area (Å²) in [4.78, 5) is 12.6. The SMILES string of the molecule is COc1cc(OC)c(CCNC(=O)C2(OC)CCNCC2)c(OC)c1. The highest BCUT2D eigenvalue weighted by Crippen LogP contribution is 2.34. The molecule has 0 unspecified atom stereocenters. The summed E-state index contributed by atoms with van der Waals surface area (Å²) in [5.41, 5.74) is 0.155. The Hall–Kier alpha value is -1.99. The average Bonchev–Trinajstić information content (AvgIpc) is 2.67. The number of rotatable bonds is 8. The van der Waals surface area contributed by atoms with E-state index >= 15 is 0 Å². The molecule has 0 saturated carbocycles. The van der Waals surface area contributed by atoms with E-state index in [0.29, 0.717) is 43.1 Å². The van der Waals surface area contributed by atoms with Gasteiger partial charge in [0.2, 0.25) is 0 Å². The highest BCUT2D eigenvalue weighted by Gasteiger charge is 2.39. The highest BCUT2D eigenvalue weighted by molar-refractivity contribution is 5.85. The topological polar surface area (TPSA) is 78.1 Å². The Kier molecular flexibility index (Phi) is 6.90. The van der Waals surface area contributed by atoms with Gasteiger partial charge in [0.25, 0.3) is 5.91 Å². The van der Waals surface area contributed by atoms with Gasteiger partial charge in [0.05, 0.1) is 21.3 Å². The molecule has 1 heterocycles. The van der Waals surface area contributed by atoms with Gasteiger partial charge >= 0.3 is 0 Å². The Morgan fingerprint density at radius 3 is 2.16 bits per heavy atom. The van der Waals surface area contributed by atoms with E-state index in [4.69, 9.17) is 18.9 Å². The number of amides is 1. The second-order valence-electron chi connectivity index (χ2n) is 5.96. The zero-order chi connectivity index (χ0) is 18.3. The van der Waals surface area contributed by atoms with Crippen molar-refractivity contribution in [2.24, 2.45) is 0 Å². The number of carbonyl (C=O) groups is 1. The molecule has 25 heavy (non-hydrogen) atoms. The third-order valence-corrected chi connectivity index (χ3v) is 4.69. The van der Waals surface area contributed by atoms with Crippen molar-refractivity contribution in [2.75, 3.05) is 48.1 Å². The summed E-state index contributed by atoms with van der Waals surface area (Å²) in [6, 6.07) is 3.62. The van der Waals surface area contributed by atoms with E-state index in [1.54, 1.807) is 28.4 Å². The van der Waals surface area contributed by atoms with Crippen LogP contribution in [0, 0.1) is 0 Å². The van der Waals surface area contributed by atoms with E-state index in [1.165, 1.54) is 0 Å². The van der Waals surface area contributed by atoms with Crippen LogP contribution in [0.3, 0.4) is 0 Å². The molecule has 1 saturated heterocycles. The molecule has 1 aliphatic rings. The molecule has 0 atom stereocenters. The molecule has 140 valence electrons. The van der Waals surface area contributed by atoms with Crippen molar-refractivity contribution in [2.45, 2.75) is 24.9 Å². The Bertz CT molecular complexity index is 560. The quantitative estimate of drug-likeness (QED) is 0.731. The number of nitrogens with one attached hydrogen (secondary N) is 2. The van der Waals surface area contributed by atoms with Crippen LogP contribution in [0.1, 0.15) is 18.4 Å². The van der Waals surface area contributed by atoms with Crippen LogP contribution in [0.5, 0.6) is 17.2 Å². The molecular weight excluding hydrogens is 324 g/mol. The number of hydrogen-bond donors (Lipinski definition) is 2. The molecule has 0 bridgehead atoms. The predicted octanol–water partition coefficient (Wildman–Crippen LogP) is 1.14. The van der Waals surface area contributed by atoms with Gasteiger partial charge in [-0.1, -0.05) is 0 Å². The molecule has 1 amide bonds. The molecule has 0 spiro atoms. The third-order valence-electron chi connectivity index (χ3n) is 4.69. The molecule has 2 N–H and O–H groups in total. The van der Waals surface area contributed by atoms with Crippen LogP contribution in [0.25, 0.3) is 0 Å². The lowest BCUT2D eigenvalue weighted by atomic mass is 9.91. The Balaban J connectivity index is 2.04. The molecular formula is C18H28N2O5. The van der Waals surface area contributed by atoms with Crippen LogP contribution in [-0.2, 0) is 16.0 Å². The van der Waals surface area contributed by atoms with Crippen molar-refractivity contribution >= 4 is 5.91 Å². The fraction of sp³-hybridized carbons (Fsp3) is 0.611. The molecule has 1 fully saturated rings. The highest BCUT2D eigenvalue weighted by atomic mass is 16.5. The first-order valence-corrected chi connectivity index (χ1v) is 8.43. The fourth-order valence-corrected chi connectivity index (χ4v) is 3.14. The molecule has 1 aromatic rings. The first-order chi connectivity index (χ1) is 12.1. The molecule has 0 radical (unpaired) electrons. The summed E-state index contributed by atoms with van der Waals surface area (Å²) >= 11 is 0. The van der Waals surface area contributed by atoms with E-state index in [0.717, 1.165) is 18.7 Å². The lowest BCUT2D eigenvalue weighted by Gasteiger charge is -2.34. The van der Waals surface area contributed by atoms with Crippen molar-refractivity contribution in [1.82, 2.24) is 10.6 Å². The van der Waals surface area contributed by atoms with Crippen molar-refractivity contribution in [3.8, 4) is 17.2 Å². The summed E-state index contributed by atoms with van der Waals surface area (Å²) in [6.07, 6.45) is 1.93. The normalized spacial score (nSPS) is 16.2. The van der Waals surface area contributed by atoms with Crippen LogP contribution < -0.4 is 24.8 Å². The van der Waals surface area contributed by atoms with E-state index in [-0.39, 0.29) is 5.91 Å². The number of ether oxygens (including phenoxy) is 4. The molecule has 0 aliphatic carbocycles. The molecule has 7 heteroatoms. The molecule has 0 aromatic heterocycles. The minimum absolute atomic E-state index is 0.0667. The van der Waals surface area contributed by atoms with Gasteiger partial charge in [-0.3, -0.25) is 4.79 Å². The predicted molar refractivity (Wildman–Crippen MR) is 94.7 cm³/mol. The summed E-state index contributed by atoms with van der Waals surface area (Å²) < 4.78 is 21.7. The third kappa shape index (κ3) is 4.35. The summed E-state index contributed by atoms with van der Waals surface area (Å²) in [7, 11) is 6.40. The van der Waals surface area contributed by atoms with Crippen molar-refractivity contribution < 1.29 is 23.7 Å². The van der Waals surface area contributed by atoms with Gasteiger partial charge in [-0.15, -0.1) is 0 Å². The van der Waals surface area contributed by atoms with Crippen molar-refractivity contribution in [3.63, 3.8) is 0 Å². The maximum atomic E-state index is 12.6. The van der Waals surface area contributed by atoms with Gasteiger partial charge in [-0.2, -0.15) is 0 Å². The Labute approximate surface area is 149 Å². The van der Waals surface area contributed by atoms with Gasteiger partial charge in [0.15, 0.2) is 0 Å². The first kappa shape index (κ1) is 19.3. The number of piperidine rings is 1. The van der Waals surface area contributed by atoms with Crippen LogP contribution in [0.15, 0.2) is 12.1 Å². The molecule has 7 nitrogen and oxygen atoms in total. The standard InChI is InChI=1S/C18H28N2O5/c1-22-13-11-15(23-2)14(16(12-13)24-3)5-8-20-17(21)18(25-4)6-9-19-10-7-18/h11-12,19H,5-10H2,1-4H3,(H,20,21). The lowest BCUT2D eigenvalue weighted by molar-refractivity contribution is -0.146. The Morgan fingerprint density at radius 2 is 1.68 bits per heavy atom. The van der Waals surface area contributed by atoms with Gasteiger partial charge in [0, 0.05) is 31.4 Å². The molecule has 2 rings (SSSR count). The fourth-order valence-electron chi connectivity index (χ4n) is 3.14. The largest absolute Gasteiger partial charge is 0.496 e. The monoisotopic (exact) mass is 352 g/mol. The van der Waals surface area contributed by atoms with Crippen molar-refractivity contribution in [1.29, 1.82) is 0 Å².